The Morgan fingerprint density at radius 3 is 2.40 bits per heavy atom. The van der Waals surface area contributed by atoms with Gasteiger partial charge in [-0.05, 0) is 31.6 Å². The maximum Gasteiger partial charge on any atom is 0.319 e. The summed E-state index contributed by atoms with van der Waals surface area (Å²) in [5, 5.41) is -0.518. The minimum atomic E-state index is -3.39. The molecule has 0 bridgehead atoms. The molecule has 0 N–H and O–H groups in total. The molecule has 0 aliphatic carbocycles. The van der Waals surface area contributed by atoms with E-state index in [1.165, 1.54) is 0 Å². The van der Waals surface area contributed by atoms with E-state index in [0.29, 0.717) is 24.4 Å². The van der Waals surface area contributed by atoms with Crippen LogP contribution in [0.15, 0.2) is 35.2 Å². The molecule has 1 aliphatic heterocycles. The predicted octanol–water partition coefficient (Wildman–Crippen LogP) is 1.93. The molecule has 2 rings (SSSR count). The number of likely N-dealkylation sites (N-methyl/N-ethyl adjacent to an activating group) is 2. The van der Waals surface area contributed by atoms with Crippen LogP contribution < -0.4 is 0 Å². The molecule has 1 fully saturated rings. The number of amides is 2. The average Bonchev–Trinajstić information content (AvgIpc) is 3.13. The lowest BCUT2D eigenvalue weighted by Crippen LogP contribution is -2.44. The van der Waals surface area contributed by atoms with Crippen LogP contribution in [0.1, 0.15) is 20.3 Å². The summed E-state index contributed by atoms with van der Waals surface area (Å²) in [7, 11) is -1.60. The number of nitrogens with zero attached hydrogens (tertiary/aromatic N) is 3. The number of hydrogen-bond acceptors (Lipinski definition) is 4. The maximum atomic E-state index is 12.7. The van der Waals surface area contributed by atoms with Gasteiger partial charge in [-0.3, -0.25) is 0 Å². The lowest BCUT2D eigenvalue weighted by atomic mass is 10.4. The van der Waals surface area contributed by atoms with E-state index in [1.807, 2.05) is 0 Å². The van der Waals surface area contributed by atoms with Gasteiger partial charge in [-0.2, -0.15) is 0 Å². The monoisotopic (exact) mass is 367 g/mol. The third-order valence-electron chi connectivity index (χ3n) is 4.90. The van der Waals surface area contributed by atoms with Crippen molar-refractivity contribution in [1.29, 1.82) is 0 Å². The van der Waals surface area contributed by atoms with Crippen LogP contribution in [0.4, 0.5) is 4.79 Å². The highest BCUT2D eigenvalue weighted by atomic mass is 32.2. The van der Waals surface area contributed by atoms with Gasteiger partial charge in [-0.15, -0.1) is 0 Å². The van der Waals surface area contributed by atoms with Crippen LogP contribution in [0.25, 0.3) is 0 Å². The molecule has 1 aliphatic rings. The van der Waals surface area contributed by atoms with E-state index in [9.17, 15) is 13.2 Å². The summed E-state index contributed by atoms with van der Waals surface area (Å²) < 4.78 is 25.4. The highest BCUT2D eigenvalue weighted by Gasteiger charge is 2.36. The Morgan fingerprint density at radius 2 is 1.80 bits per heavy atom. The number of likely N-dealkylation sites (tertiary alicyclic amines) is 1. The fourth-order valence-electron chi connectivity index (χ4n) is 3.13. The van der Waals surface area contributed by atoms with Crippen molar-refractivity contribution in [2.75, 3.05) is 46.3 Å². The molecule has 1 heterocycles. The van der Waals surface area contributed by atoms with Crippen molar-refractivity contribution in [2.24, 2.45) is 0 Å². The standard InChI is InChI=1S/C18H29N3O3S/c1-4-20(5-2)14-13-19(3)18(22)21-12-11-17(15-21)25(23,24)16-9-7-6-8-10-16/h6-10,17H,4-5,11-15H2,1-3H3. The molecule has 2 amide bonds. The van der Waals surface area contributed by atoms with E-state index < -0.39 is 15.1 Å². The third-order valence-corrected chi connectivity index (χ3v) is 7.09. The van der Waals surface area contributed by atoms with Crippen molar-refractivity contribution in [3.05, 3.63) is 30.3 Å². The molecule has 0 saturated carbocycles. The molecular formula is C18H29N3O3S. The Hall–Kier alpha value is -1.60. The van der Waals surface area contributed by atoms with Crippen LogP contribution >= 0.6 is 0 Å². The van der Waals surface area contributed by atoms with Crippen molar-refractivity contribution in [3.8, 4) is 0 Å². The van der Waals surface area contributed by atoms with Gasteiger partial charge in [-0.25, -0.2) is 13.2 Å². The van der Waals surface area contributed by atoms with Gasteiger partial charge in [-0.1, -0.05) is 32.0 Å². The summed E-state index contributed by atoms with van der Waals surface area (Å²) in [6.07, 6.45) is 0.493. The third kappa shape index (κ3) is 4.73. The first kappa shape index (κ1) is 19.7. The molecule has 1 aromatic carbocycles. The molecule has 7 heteroatoms. The zero-order valence-electron chi connectivity index (χ0n) is 15.4. The van der Waals surface area contributed by atoms with Crippen LogP contribution in [0.3, 0.4) is 0 Å². The second-order valence-corrected chi connectivity index (χ2v) is 8.67. The fourth-order valence-corrected chi connectivity index (χ4v) is 4.84. The van der Waals surface area contributed by atoms with Gasteiger partial charge in [0.2, 0.25) is 0 Å². The molecule has 0 radical (unpaired) electrons. The van der Waals surface area contributed by atoms with Crippen LogP contribution in [0, 0.1) is 0 Å². The smallest absolute Gasteiger partial charge is 0.319 e. The van der Waals surface area contributed by atoms with Gasteiger partial charge in [0.05, 0.1) is 10.1 Å². The lowest BCUT2D eigenvalue weighted by molar-refractivity contribution is 0.165. The number of urea groups is 1. The summed E-state index contributed by atoms with van der Waals surface area (Å²) >= 11 is 0. The molecule has 1 atom stereocenters. The van der Waals surface area contributed by atoms with Gasteiger partial charge in [0, 0.05) is 33.2 Å². The highest BCUT2D eigenvalue weighted by Crippen LogP contribution is 2.24. The van der Waals surface area contributed by atoms with Gasteiger partial charge in [0.1, 0.15) is 0 Å². The molecule has 140 valence electrons. The number of sulfone groups is 1. The van der Waals surface area contributed by atoms with Crippen molar-refractivity contribution in [2.45, 2.75) is 30.4 Å². The second-order valence-electron chi connectivity index (χ2n) is 6.45. The van der Waals surface area contributed by atoms with E-state index >= 15 is 0 Å². The second kappa shape index (κ2) is 8.67. The van der Waals surface area contributed by atoms with Crippen molar-refractivity contribution < 1.29 is 13.2 Å². The average molecular weight is 368 g/mol. The number of carbonyl (C=O) groups excluding carboxylic acids is 1. The minimum absolute atomic E-state index is 0.0853. The van der Waals surface area contributed by atoms with Crippen LogP contribution in [0.2, 0.25) is 0 Å². The zero-order chi connectivity index (χ0) is 18.4. The molecule has 25 heavy (non-hydrogen) atoms. The van der Waals surface area contributed by atoms with Crippen LogP contribution in [-0.4, -0.2) is 80.7 Å². The number of hydrogen-bond donors (Lipinski definition) is 0. The first-order valence-corrected chi connectivity index (χ1v) is 10.5. The molecular weight excluding hydrogens is 338 g/mol. The van der Waals surface area contributed by atoms with E-state index in [1.54, 1.807) is 47.2 Å². The minimum Gasteiger partial charge on any atom is -0.326 e. The normalized spacial score (nSPS) is 17.9. The van der Waals surface area contributed by atoms with Gasteiger partial charge in [0.15, 0.2) is 9.84 Å². The van der Waals surface area contributed by atoms with Crippen LogP contribution in [-0.2, 0) is 9.84 Å². The Bertz CT molecular complexity index is 659. The quantitative estimate of drug-likeness (QED) is 0.739. The van der Waals surface area contributed by atoms with Gasteiger partial charge >= 0.3 is 6.03 Å². The summed E-state index contributed by atoms with van der Waals surface area (Å²) in [5.74, 6) is 0. The Kier molecular flexibility index (Phi) is 6.84. The molecule has 1 unspecified atom stereocenters. The molecule has 6 nitrogen and oxygen atoms in total. The summed E-state index contributed by atoms with van der Waals surface area (Å²) in [4.78, 5) is 18.5. The fraction of sp³-hybridized carbons (Fsp3) is 0.611. The maximum absolute atomic E-state index is 12.7. The van der Waals surface area contributed by atoms with E-state index in [2.05, 4.69) is 18.7 Å². The number of benzene rings is 1. The highest BCUT2D eigenvalue weighted by molar-refractivity contribution is 7.92. The molecule has 1 aromatic rings. The van der Waals surface area contributed by atoms with Crippen LogP contribution in [0.5, 0.6) is 0 Å². The van der Waals surface area contributed by atoms with Crippen molar-refractivity contribution >= 4 is 15.9 Å². The summed E-state index contributed by atoms with van der Waals surface area (Å²) in [6.45, 7) is 8.35. The Labute approximate surface area is 151 Å². The zero-order valence-corrected chi connectivity index (χ0v) is 16.2. The molecule has 0 spiro atoms. The van der Waals surface area contributed by atoms with Crippen molar-refractivity contribution in [1.82, 2.24) is 14.7 Å². The number of carbonyl (C=O) groups is 1. The van der Waals surface area contributed by atoms with Gasteiger partial charge < -0.3 is 14.7 Å². The first-order valence-electron chi connectivity index (χ1n) is 8.91. The van der Waals surface area contributed by atoms with E-state index in [4.69, 9.17) is 0 Å². The molecule has 0 aromatic heterocycles. The molecule has 1 saturated heterocycles. The van der Waals surface area contributed by atoms with E-state index in [-0.39, 0.29) is 12.6 Å². The Morgan fingerprint density at radius 1 is 1.16 bits per heavy atom. The first-order chi connectivity index (χ1) is 11.9. The lowest BCUT2D eigenvalue weighted by Gasteiger charge is -2.27. The summed E-state index contributed by atoms with van der Waals surface area (Å²) in [5.41, 5.74) is 0. The SMILES string of the molecule is CCN(CC)CCN(C)C(=O)N1CCC(S(=O)(=O)c2ccccc2)C1. The van der Waals surface area contributed by atoms with E-state index in [0.717, 1.165) is 19.6 Å². The predicted molar refractivity (Wildman–Crippen MR) is 99.4 cm³/mol. The Balaban J connectivity index is 1.94. The van der Waals surface area contributed by atoms with Gasteiger partial charge in [0.25, 0.3) is 0 Å². The van der Waals surface area contributed by atoms with Crippen molar-refractivity contribution in [3.63, 3.8) is 0 Å². The topological polar surface area (TPSA) is 60.9 Å². The summed E-state index contributed by atoms with van der Waals surface area (Å²) in [6, 6.07) is 8.41. The largest absolute Gasteiger partial charge is 0.326 e. The number of rotatable bonds is 7.